The van der Waals surface area contributed by atoms with Crippen molar-refractivity contribution < 1.29 is 30.0 Å². The molecule has 6 rings (SSSR count). The average Bonchev–Trinajstić information content (AvgIpc) is 3.85. The van der Waals surface area contributed by atoms with Crippen molar-refractivity contribution in [3.63, 3.8) is 0 Å². The van der Waals surface area contributed by atoms with Crippen molar-refractivity contribution in [2.24, 2.45) is 19.1 Å². The van der Waals surface area contributed by atoms with Crippen LogP contribution in [0.1, 0.15) is 42.9 Å². The molecule has 0 spiro atoms. The first-order valence-electron chi connectivity index (χ1n) is 16.2. The van der Waals surface area contributed by atoms with E-state index in [1.54, 1.807) is 17.9 Å². The number of aliphatic imine (C=N–C) groups is 1. The van der Waals surface area contributed by atoms with Crippen molar-refractivity contribution >= 4 is 58.2 Å². The summed E-state index contributed by atoms with van der Waals surface area (Å²) in [5.74, 6) is 0.991. The highest BCUT2D eigenvalue weighted by molar-refractivity contribution is 6.18. The monoisotopic (exact) mass is 751 g/mol. The van der Waals surface area contributed by atoms with Crippen LogP contribution in [0.3, 0.4) is 0 Å². The molecule has 0 bridgehead atoms. The van der Waals surface area contributed by atoms with Gasteiger partial charge in [0.2, 0.25) is 0 Å². The number of aromatic amines is 1. The van der Waals surface area contributed by atoms with Crippen LogP contribution in [-0.4, -0.2) is 112 Å². The van der Waals surface area contributed by atoms with Gasteiger partial charge in [0.25, 0.3) is 5.56 Å². The molecule has 0 radical (unpaired) electrons. The Bertz CT molecular complexity index is 1870. The Kier molecular flexibility index (Phi) is 14.6. The molecule has 4 aromatic rings. The minimum Gasteiger partial charge on any atom is -0.481 e. The van der Waals surface area contributed by atoms with Crippen LogP contribution in [0.25, 0.3) is 11.2 Å². The molecule has 3 aromatic heterocycles. The van der Waals surface area contributed by atoms with E-state index in [4.69, 9.17) is 38.2 Å². The Balaban J connectivity index is 0.000000175. The first-order chi connectivity index (χ1) is 24.5. The maximum atomic E-state index is 11.4. The standard InChI is InChI=1S/C14H19Cl2NO2.C11H16N4O4.C7H8N4O2/c15-8-10-17(11-9-16)13-6-4-12(5-7-13)2-1-3-14(18)19;16-3-8-6(17)1-9(19-8)15-5-14-10-7(18)2-12-4-13-11(10)15;1-10-5-4(8-3-9-5)6(12)11(2)7(10)13/h4-7H,1-3,8-11H2,(H,18,19);4-9,16-18H,1-3H2,(H,12,13);3H,1-2H3,(H,8,9)/t;6-,7+,8+,9+;/m.0./s1. The summed E-state index contributed by atoms with van der Waals surface area (Å²) >= 11 is 11.5. The number of ether oxygens (including phenoxy) is 1. The van der Waals surface area contributed by atoms with Crippen molar-refractivity contribution in [1.82, 2.24) is 28.7 Å². The van der Waals surface area contributed by atoms with Crippen LogP contribution in [0.2, 0.25) is 0 Å². The van der Waals surface area contributed by atoms with Gasteiger partial charge >= 0.3 is 11.7 Å². The number of carboxylic acids is 1. The minimum absolute atomic E-state index is 0.215. The second-order valence-electron chi connectivity index (χ2n) is 11.7. The summed E-state index contributed by atoms with van der Waals surface area (Å²) in [7, 11) is 3.01. The van der Waals surface area contributed by atoms with E-state index in [0.29, 0.717) is 47.3 Å². The molecular weight excluding hydrogens is 709 g/mol. The number of nitrogens with zero attached hydrogens (tertiary/aromatic N) is 7. The summed E-state index contributed by atoms with van der Waals surface area (Å²) in [4.78, 5) is 50.1. The summed E-state index contributed by atoms with van der Waals surface area (Å²) in [6.45, 7) is 1.57. The number of carboxylic acid groups (broad SMARTS) is 1. The van der Waals surface area contributed by atoms with Gasteiger partial charge in [-0.25, -0.2) is 14.8 Å². The van der Waals surface area contributed by atoms with Gasteiger partial charge in [-0.05, 0) is 30.5 Å². The lowest BCUT2D eigenvalue weighted by Gasteiger charge is -2.23. The molecule has 0 saturated carbocycles. The summed E-state index contributed by atoms with van der Waals surface area (Å²) in [5, 5.41) is 40.3. The smallest absolute Gasteiger partial charge is 0.332 e. The molecule has 0 aliphatic carbocycles. The van der Waals surface area contributed by atoms with Gasteiger partial charge in [-0.3, -0.25) is 28.3 Å². The Morgan fingerprint density at radius 2 is 1.78 bits per heavy atom. The molecule has 19 heteroatoms. The number of hydrogen-bond donors (Lipinski definition) is 6. The number of H-pyrrole nitrogens is 1. The van der Waals surface area contributed by atoms with Gasteiger partial charge in [0.05, 0.1) is 38.2 Å². The molecule has 2 aliphatic rings. The van der Waals surface area contributed by atoms with Gasteiger partial charge in [-0.2, -0.15) is 0 Å². The summed E-state index contributed by atoms with van der Waals surface area (Å²) < 4.78 is 9.64. The largest absolute Gasteiger partial charge is 0.481 e. The lowest BCUT2D eigenvalue weighted by molar-refractivity contribution is -0.137. The number of benzene rings is 1. The number of aromatic nitrogens is 6. The van der Waals surface area contributed by atoms with E-state index < -0.39 is 30.5 Å². The van der Waals surface area contributed by atoms with Crippen molar-refractivity contribution in [1.29, 1.82) is 0 Å². The number of nitrogens with one attached hydrogen (secondary N) is 2. The quantitative estimate of drug-likeness (QED) is 0.120. The Labute approximate surface area is 302 Å². The molecule has 1 fully saturated rings. The molecule has 1 aromatic carbocycles. The number of anilines is 2. The van der Waals surface area contributed by atoms with E-state index in [-0.39, 0.29) is 30.8 Å². The van der Waals surface area contributed by atoms with Crippen LogP contribution >= 0.6 is 23.2 Å². The lowest BCUT2D eigenvalue weighted by atomic mass is 10.1. The number of aliphatic hydroxyl groups excluding tert-OH is 3. The second-order valence-corrected chi connectivity index (χ2v) is 12.5. The van der Waals surface area contributed by atoms with Crippen LogP contribution in [0.4, 0.5) is 11.5 Å². The first kappa shape index (κ1) is 39.5. The van der Waals surface area contributed by atoms with E-state index in [9.17, 15) is 24.6 Å². The molecule has 6 N–H and O–H groups in total. The molecule has 17 nitrogen and oxygen atoms in total. The van der Waals surface area contributed by atoms with E-state index in [1.807, 2.05) is 24.3 Å². The SMILES string of the molecule is Cn1c(=O)c2[nH]cnc2n(C)c1=O.O=C(O)CCCc1ccc(N(CCCl)CCCl)cc1.OC[C@H]1O[C@@H](n2cnc3c2NC=NC[C@H]3O)C[C@@H]1O. The zero-order valence-electron chi connectivity index (χ0n) is 28.2. The van der Waals surface area contributed by atoms with Crippen LogP contribution in [0, 0.1) is 0 Å². The normalized spacial score (nSPS) is 19.3. The molecule has 2 aliphatic heterocycles. The van der Waals surface area contributed by atoms with Gasteiger partial charge in [0.1, 0.15) is 35.5 Å². The van der Waals surface area contributed by atoms with Crippen LogP contribution < -0.4 is 21.5 Å². The third-order valence-corrected chi connectivity index (χ3v) is 8.64. The predicted octanol–water partition coefficient (Wildman–Crippen LogP) is 1.35. The van der Waals surface area contributed by atoms with E-state index in [2.05, 4.69) is 30.2 Å². The van der Waals surface area contributed by atoms with Crippen LogP contribution in [0.15, 0.2) is 51.5 Å². The van der Waals surface area contributed by atoms with Crippen molar-refractivity contribution in [3.05, 3.63) is 69.0 Å². The van der Waals surface area contributed by atoms with E-state index in [0.717, 1.165) is 35.3 Å². The van der Waals surface area contributed by atoms with Crippen LogP contribution in [0.5, 0.6) is 0 Å². The molecule has 5 heterocycles. The van der Waals surface area contributed by atoms with Gasteiger partial charge < -0.3 is 40.4 Å². The van der Waals surface area contributed by atoms with Crippen molar-refractivity contribution in [2.75, 3.05) is 48.2 Å². The highest BCUT2D eigenvalue weighted by Gasteiger charge is 2.36. The maximum Gasteiger partial charge on any atom is 0.332 e. The Hall–Kier alpha value is -4.26. The van der Waals surface area contributed by atoms with Crippen molar-refractivity contribution in [2.45, 2.75) is 50.2 Å². The second kappa shape index (κ2) is 18.8. The van der Waals surface area contributed by atoms with Crippen LogP contribution in [-0.2, 0) is 30.0 Å². The number of fused-ring (bicyclic) bond motifs is 2. The number of aliphatic hydroxyl groups is 3. The topological polar surface area (TPSA) is 225 Å². The first-order valence-corrected chi connectivity index (χ1v) is 17.3. The average molecular weight is 753 g/mol. The number of aryl methyl sites for hydroxylation is 2. The number of imidazole rings is 2. The zero-order chi connectivity index (χ0) is 37.1. The van der Waals surface area contributed by atoms with Gasteiger partial charge in [-0.15, -0.1) is 23.2 Å². The van der Waals surface area contributed by atoms with Crippen molar-refractivity contribution in [3.8, 4) is 0 Å². The third kappa shape index (κ3) is 9.96. The maximum absolute atomic E-state index is 11.4. The number of aliphatic carboxylic acids is 1. The third-order valence-electron chi connectivity index (χ3n) is 8.30. The minimum atomic E-state index is -0.762. The summed E-state index contributed by atoms with van der Waals surface area (Å²) in [6, 6.07) is 8.14. The number of rotatable bonds is 11. The number of alkyl halides is 2. The fourth-order valence-corrected chi connectivity index (χ4v) is 5.95. The Morgan fingerprint density at radius 3 is 2.41 bits per heavy atom. The van der Waals surface area contributed by atoms with E-state index >= 15 is 0 Å². The molecule has 4 atom stereocenters. The Morgan fingerprint density at radius 1 is 1.08 bits per heavy atom. The fourth-order valence-electron chi connectivity index (χ4n) is 5.54. The highest BCUT2D eigenvalue weighted by atomic mass is 35.5. The van der Waals surface area contributed by atoms with Gasteiger partial charge in [-0.1, -0.05) is 12.1 Å². The summed E-state index contributed by atoms with van der Waals surface area (Å²) in [5.41, 5.74) is 2.77. The molecular formula is C32H43Cl2N9O8. The molecule has 51 heavy (non-hydrogen) atoms. The molecule has 278 valence electrons. The zero-order valence-corrected chi connectivity index (χ0v) is 29.7. The predicted molar refractivity (Wildman–Crippen MR) is 193 cm³/mol. The number of carbonyl (C=O) groups is 1. The van der Waals surface area contributed by atoms with Gasteiger partial charge in [0.15, 0.2) is 5.65 Å². The molecule has 0 unspecified atom stereocenters. The highest BCUT2D eigenvalue weighted by Crippen LogP contribution is 2.34. The lowest BCUT2D eigenvalue weighted by Crippen LogP contribution is -2.36. The van der Waals surface area contributed by atoms with E-state index in [1.165, 1.54) is 24.3 Å². The number of hydrogen-bond acceptors (Lipinski definition) is 12. The summed E-state index contributed by atoms with van der Waals surface area (Å²) in [6.07, 6.45) is 4.00. The molecule has 0 amide bonds. The fraction of sp³-hybridized carbons (Fsp3) is 0.500. The number of halogens is 2. The molecule has 1 saturated heterocycles. The van der Waals surface area contributed by atoms with Gasteiger partial charge in [0, 0.05) is 57.5 Å².